The third-order valence-corrected chi connectivity index (χ3v) is 5.70. The van der Waals surface area contributed by atoms with Gasteiger partial charge in [-0.05, 0) is 47.9 Å². The maximum atomic E-state index is 12.7. The van der Waals surface area contributed by atoms with Crippen LogP contribution in [0.3, 0.4) is 0 Å². The molecule has 26 heavy (non-hydrogen) atoms. The molecule has 0 radical (unpaired) electrons. The molecule has 2 heterocycles. The van der Waals surface area contributed by atoms with E-state index in [2.05, 4.69) is 15.4 Å². The van der Waals surface area contributed by atoms with Gasteiger partial charge in [0.15, 0.2) is 0 Å². The van der Waals surface area contributed by atoms with Gasteiger partial charge < -0.3 is 5.32 Å². The van der Waals surface area contributed by atoms with Crippen LogP contribution in [-0.4, -0.2) is 26.4 Å². The van der Waals surface area contributed by atoms with Crippen LogP contribution in [0.4, 0.5) is 0 Å². The van der Waals surface area contributed by atoms with Crippen LogP contribution in [0.1, 0.15) is 33.9 Å². The first-order valence-electron chi connectivity index (χ1n) is 8.33. The second-order valence-electron chi connectivity index (χ2n) is 6.14. The van der Waals surface area contributed by atoms with E-state index in [1.54, 1.807) is 22.8 Å². The van der Waals surface area contributed by atoms with Gasteiger partial charge in [0.25, 0.3) is 5.91 Å². The Morgan fingerprint density at radius 1 is 1.27 bits per heavy atom. The van der Waals surface area contributed by atoms with E-state index < -0.39 is 0 Å². The van der Waals surface area contributed by atoms with Gasteiger partial charge in [-0.3, -0.25) is 4.79 Å². The number of halogens is 1. The van der Waals surface area contributed by atoms with Gasteiger partial charge in [-0.2, -0.15) is 5.10 Å². The molecule has 1 atom stereocenters. The number of rotatable bonds is 4. The summed E-state index contributed by atoms with van der Waals surface area (Å²) in [5.41, 5.74) is 2.82. The molecule has 1 aromatic heterocycles. The van der Waals surface area contributed by atoms with Gasteiger partial charge in [0, 0.05) is 21.2 Å². The molecule has 5 nitrogen and oxygen atoms in total. The van der Waals surface area contributed by atoms with E-state index in [0.29, 0.717) is 17.1 Å². The molecule has 0 saturated carbocycles. The number of aromatic nitrogens is 3. The number of carbonyl (C=O) groups excluding carboxylic acids is 1. The van der Waals surface area contributed by atoms with Crippen molar-refractivity contribution in [2.24, 2.45) is 0 Å². The van der Waals surface area contributed by atoms with Crippen LogP contribution < -0.4 is 5.32 Å². The molecule has 1 aliphatic heterocycles. The van der Waals surface area contributed by atoms with Crippen molar-refractivity contribution in [2.75, 3.05) is 5.75 Å². The average molecular weight is 385 g/mol. The lowest BCUT2D eigenvalue weighted by atomic mass is 10.0. The SMILES string of the molecule is O=C(N[C@H]1CCSc2ccc(Cl)cc21)c1ccc(Cn2cncn2)cc1. The lowest BCUT2D eigenvalue weighted by molar-refractivity contribution is 0.0935. The Morgan fingerprint density at radius 3 is 2.88 bits per heavy atom. The highest BCUT2D eigenvalue weighted by Gasteiger charge is 2.23. The Labute approximate surface area is 160 Å². The van der Waals surface area contributed by atoms with Crippen molar-refractivity contribution in [3.63, 3.8) is 0 Å². The van der Waals surface area contributed by atoms with Gasteiger partial charge in [-0.1, -0.05) is 23.7 Å². The summed E-state index contributed by atoms with van der Waals surface area (Å²) in [5.74, 6) is 0.913. The van der Waals surface area contributed by atoms with Crippen LogP contribution in [0.25, 0.3) is 0 Å². The topological polar surface area (TPSA) is 59.8 Å². The maximum absolute atomic E-state index is 12.7. The smallest absolute Gasteiger partial charge is 0.251 e. The van der Waals surface area contributed by atoms with Gasteiger partial charge >= 0.3 is 0 Å². The summed E-state index contributed by atoms with van der Waals surface area (Å²) in [4.78, 5) is 17.8. The van der Waals surface area contributed by atoms with Gasteiger partial charge in [0.2, 0.25) is 0 Å². The summed E-state index contributed by atoms with van der Waals surface area (Å²) < 4.78 is 1.75. The number of carbonyl (C=O) groups is 1. The highest BCUT2D eigenvalue weighted by Crippen LogP contribution is 2.37. The molecule has 0 saturated heterocycles. The molecule has 0 spiro atoms. The van der Waals surface area contributed by atoms with Crippen LogP contribution in [-0.2, 0) is 6.54 Å². The van der Waals surface area contributed by atoms with Crippen molar-refractivity contribution < 1.29 is 4.79 Å². The molecule has 4 rings (SSSR count). The zero-order valence-corrected chi connectivity index (χ0v) is 15.5. The molecule has 2 aromatic carbocycles. The third kappa shape index (κ3) is 3.76. The van der Waals surface area contributed by atoms with Crippen molar-refractivity contribution in [1.82, 2.24) is 20.1 Å². The number of nitrogens with one attached hydrogen (secondary N) is 1. The first-order chi connectivity index (χ1) is 12.7. The van der Waals surface area contributed by atoms with E-state index in [-0.39, 0.29) is 11.9 Å². The summed E-state index contributed by atoms with van der Waals surface area (Å²) in [5, 5.41) is 7.93. The second kappa shape index (κ2) is 7.51. The highest BCUT2D eigenvalue weighted by molar-refractivity contribution is 7.99. The number of hydrogen-bond donors (Lipinski definition) is 1. The molecule has 1 aliphatic rings. The average Bonchev–Trinajstić information content (AvgIpc) is 3.16. The van der Waals surface area contributed by atoms with Crippen LogP contribution >= 0.6 is 23.4 Å². The molecule has 7 heteroatoms. The molecule has 0 unspecified atom stereocenters. The Hall–Kier alpha value is -2.31. The minimum absolute atomic E-state index is 0.00715. The monoisotopic (exact) mass is 384 g/mol. The molecular weight excluding hydrogens is 368 g/mol. The summed E-state index contributed by atoms with van der Waals surface area (Å²) >= 11 is 7.94. The minimum Gasteiger partial charge on any atom is -0.345 e. The largest absolute Gasteiger partial charge is 0.345 e. The first kappa shape index (κ1) is 17.1. The van der Waals surface area contributed by atoms with Gasteiger partial charge in [0.1, 0.15) is 12.7 Å². The van der Waals surface area contributed by atoms with Gasteiger partial charge in [-0.15, -0.1) is 11.8 Å². The predicted octanol–water partition coefficient (Wildman–Crippen LogP) is 3.95. The Morgan fingerprint density at radius 2 is 2.12 bits per heavy atom. The van der Waals surface area contributed by atoms with Crippen LogP contribution in [0, 0.1) is 0 Å². The van der Waals surface area contributed by atoms with Crippen LogP contribution in [0.2, 0.25) is 5.02 Å². The number of hydrogen-bond acceptors (Lipinski definition) is 4. The van der Waals surface area contributed by atoms with Crippen molar-refractivity contribution >= 4 is 29.3 Å². The predicted molar refractivity (Wildman–Crippen MR) is 103 cm³/mol. The van der Waals surface area contributed by atoms with E-state index >= 15 is 0 Å². The number of thioether (sulfide) groups is 1. The van der Waals surface area contributed by atoms with Crippen molar-refractivity contribution in [3.05, 3.63) is 76.8 Å². The zero-order chi connectivity index (χ0) is 17.9. The molecular formula is C19H17ClN4OS. The molecule has 0 bridgehead atoms. The second-order valence-corrected chi connectivity index (χ2v) is 7.71. The first-order valence-corrected chi connectivity index (χ1v) is 9.70. The third-order valence-electron chi connectivity index (χ3n) is 4.34. The molecule has 1 amide bonds. The summed E-state index contributed by atoms with van der Waals surface area (Å²) in [7, 11) is 0. The van der Waals surface area contributed by atoms with Crippen molar-refractivity contribution in [3.8, 4) is 0 Å². The van der Waals surface area contributed by atoms with E-state index in [9.17, 15) is 4.79 Å². The minimum atomic E-state index is -0.0693. The molecule has 0 fully saturated rings. The fourth-order valence-electron chi connectivity index (χ4n) is 3.02. The van der Waals surface area contributed by atoms with Crippen LogP contribution in [0.15, 0.2) is 60.0 Å². The zero-order valence-electron chi connectivity index (χ0n) is 13.9. The molecule has 1 N–H and O–H groups in total. The number of fused-ring (bicyclic) bond motifs is 1. The summed E-state index contributed by atoms with van der Waals surface area (Å²) in [6.07, 6.45) is 4.08. The molecule has 3 aromatic rings. The quantitative estimate of drug-likeness (QED) is 0.740. The number of amides is 1. The number of benzene rings is 2. The normalized spacial score (nSPS) is 16.1. The van der Waals surface area contributed by atoms with E-state index in [1.807, 2.05) is 42.5 Å². The summed E-state index contributed by atoms with van der Waals surface area (Å²) in [6, 6.07) is 13.4. The van der Waals surface area contributed by atoms with E-state index in [4.69, 9.17) is 11.6 Å². The van der Waals surface area contributed by atoms with E-state index in [1.165, 1.54) is 11.2 Å². The lowest BCUT2D eigenvalue weighted by Gasteiger charge is -2.26. The standard InChI is InChI=1S/C19H17ClN4OS/c20-15-5-6-18-16(9-15)17(7-8-26-18)23-19(25)14-3-1-13(2-4-14)10-24-12-21-11-22-24/h1-6,9,11-12,17H,7-8,10H2,(H,23,25)/t17-/m0/s1. The highest BCUT2D eigenvalue weighted by atomic mass is 35.5. The lowest BCUT2D eigenvalue weighted by Crippen LogP contribution is -2.30. The molecule has 132 valence electrons. The van der Waals surface area contributed by atoms with Crippen molar-refractivity contribution in [2.45, 2.75) is 23.9 Å². The Bertz CT molecular complexity index is 912. The summed E-state index contributed by atoms with van der Waals surface area (Å²) in [6.45, 7) is 0.633. The maximum Gasteiger partial charge on any atom is 0.251 e. The number of nitrogens with zero attached hydrogens (tertiary/aromatic N) is 3. The van der Waals surface area contributed by atoms with E-state index in [0.717, 1.165) is 23.3 Å². The van der Waals surface area contributed by atoms with Crippen LogP contribution in [0.5, 0.6) is 0 Å². The fraction of sp³-hybridized carbons (Fsp3) is 0.211. The van der Waals surface area contributed by atoms with Gasteiger partial charge in [-0.25, -0.2) is 9.67 Å². The fourth-order valence-corrected chi connectivity index (χ4v) is 4.31. The van der Waals surface area contributed by atoms with Crippen molar-refractivity contribution in [1.29, 1.82) is 0 Å². The Balaban J connectivity index is 1.46. The van der Waals surface area contributed by atoms with Gasteiger partial charge in [0.05, 0.1) is 12.6 Å². The Kier molecular flexibility index (Phi) is 4.95. The molecule has 0 aliphatic carbocycles.